The van der Waals surface area contributed by atoms with Gasteiger partial charge in [-0.3, -0.25) is 41.8 Å². The van der Waals surface area contributed by atoms with Gasteiger partial charge in [-0.1, -0.05) is 12.1 Å². The number of fused-ring (bicyclic) bond motifs is 3. The topological polar surface area (TPSA) is 261 Å². The Morgan fingerprint density at radius 2 is 1.66 bits per heavy atom. The molecule has 3 saturated heterocycles. The largest absolute Gasteiger partial charge is 0.472 e. The number of phosphoric ester groups is 1. The van der Waals surface area contributed by atoms with E-state index in [1.807, 2.05) is 4.98 Å². The zero-order chi connectivity index (χ0) is 37.7. The van der Waals surface area contributed by atoms with Gasteiger partial charge in [0.25, 0.3) is 5.56 Å². The van der Waals surface area contributed by atoms with Crippen LogP contribution in [0.2, 0.25) is 0 Å². The first kappa shape index (κ1) is 37.4. The number of aromatic nitrogens is 6. The molecule has 0 saturated carbocycles. The second kappa shape index (κ2) is 14.7. The average Bonchev–Trinajstić information content (AvgIpc) is 3.76. The lowest BCUT2D eigenvalue weighted by molar-refractivity contribution is -0.131. The highest BCUT2D eigenvalue weighted by atomic mass is 32.7. The Balaban J connectivity index is 1.20. The molecule has 3 aliphatic rings. The number of imidazole rings is 1. The van der Waals surface area contributed by atoms with Gasteiger partial charge in [0, 0.05) is 24.9 Å². The number of ether oxygens (including phenoxy) is 3. The van der Waals surface area contributed by atoms with Crippen LogP contribution in [0, 0.1) is 0 Å². The van der Waals surface area contributed by atoms with E-state index in [4.69, 9.17) is 38.0 Å². The minimum Gasteiger partial charge on any atom is -0.427 e. The number of esters is 1. The molecule has 25 heteroatoms. The van der Waals surface area contributed by atoms with Gasteiger partial charge in [0.15, 0.2) is 36.3 Å². The number of nitrogens with one attached hydrogen (secondary N) is 1. The zero-order valence-corrected chi connectivity index (χ0v) is 29.7. The van der Waals surface area contributed by atoms with Crippen LogP contribution in [0.4, 0.5) is 14.6 Å². The third-order valence-corrected chi connectivity index (χ3v) is 12.8. The van der Waals surface area contributed by atoms with Crippen molar-refractivity contribution in [2.75, 3.05) is 18.9 Å². The molecule has 0 bridgehead atoms. The normalized spacial score (nSPS) is 33.4. The predicted molar refractivity (Wildman–Crippen MR) is 177 cm³/mol. The van der Waals surface area contributed by atoms with Gasteiger partial charge in [0.1, 0.15) is 42.0 Å². The number of rotatable bonds is 6. The van der Waals surface area contributed by atoms with Crippen LogP contribution < -0.4 is 21.7 Å². The summed E-state index contributed by atoms with van der Waals surface area (Å²) >= 11 is 0.597. The summed E-state index contributed by atoms with van der Waals surface area (Å²) in [5, 5.41) is 0. The Bertz CT molecular complexity index is 2230. The highest BCUT2D eigenvalue weighted by molar-refractivity contribution is 8.54. The maximum Gasteiger partial charge on any atom is 0.472 e. The Labute approximate surface area is 299 Å². The monoisotopic (exact) mass is 803 g/mol. The van der Waals surface area contributed by atoms with E-state index in [0.29, 0.717) is 21.5 Å². The van der Waals surface area contributed by atoms with Gasteiger partial charge in [-0.2, -0.15) is 0 Å². The highest BCUT2D eigenvalue weighted by Gasteiger charge is 2.55. The molecule has 7 rings (SSSR count). The molecule has 20 nitrogen and oxygen atoms in total. The van der Waals surface area contributed by atoms with Crippen LogP contribution in [0.1, 0.15) is 24.9 Å². The van der Waals surface area contributed by atoms with Crippen LogP contribution in [0.5, 0.6) is 5.75 Å². The van der Waals surface area contributed by atoms with Crippen LogP contribution in [0.25, 0.3) is 11.2 Å². The van der Waals surface area contributed by atoms with E-state index in [9.17, 15) is 28.4 Å². The molecule has 10 atom stereocenters. The van der Waals surface area contributed by atoms with Crippen molar-refractivity contribution < 1.29 is 59.9 Å². The third-order valence-electron chi connectivity index (χ3n) is 8.20. The smallest absolute Gasteiger partial charge is 0.427 e. The summed E-state index contributed by atoms with van der Waals surface area (Å²) in [5.41, 5.74) is 4.74. The Morgan fingerprint density at radius 1 is 1.00 bits per heavy atom. The molecule has 0 radical (unpaired) electrons. The lowest BCUT2D eigenvalue weighted by Crippen LogP contribution is -2.38. The SMILES string of the molecule is CC(=O)Oc1ccc(CSP2(=O)OC[C@H]3O[C@@H](n4cnc5c(N)ncnc54)[C@H](F)[C@@H]3OP(=O)(O)OC[C@H]3O[C@@H](n4ccc(=O)[nH]c4=O)[C@H](F)[C@@H]3O2)cc1. The lowest BCUT2D eigenvalue weighted by Gasteiger charge is -2.29. The van der Waals surface area contributed by atoms with Crippen molar-refractivity contribution in [3.8, 4) is 5.75 Å². The maximum atomic E-state index is 16.2. The van der Waals surface area contributed by atoms with E-state index in [1.54, 1.807) is 12.1 Å². The van der Waals surface area contributed by atoms with Crippen molar-refractivity contribution >= 4 is 49.0 Å². The van der Waals surface area contributed by atoms with Crippen molar-refractivity contribution in [1.29, 1.82) is 0 Å². The average molecular weight is 804 g/mol. The summed E-state index contributed by atoms with van der Waals surface area (Å²) in [6.45, 7) is -5.08. The molecule has 6 heterocycles. The van der Waals surface area contributed by atoms with Crippen molar-refractivity contribution in [3.05, 3.63) is 75.6 Å². The van der Waals surface area contributed by atoms with Crippen LogP contribution in [-0.2, 0) is 47.2 Å². The first-order valence-corrected chi connectivity index (χ1v) is 20.2. The molecule has 0 aliphatic carbocycles. The number of H-pyrrole nitrogens is 1. The van der Waals surface area contributed by atoms with Gasteiger partial charge in [0.2, 0.25) is 0 Å². The first-order valence-electron chi connectivity index (χ1n) is 15.5. The second-order valence-corrected chi connectivity index (χ2v) is 17.2. The van der Waals surface area contributed by atoms with E-state index in [0.717, 1.165) is 29.5 Å². The number of nitrogens with two attached hydrogens (primary N) is 1. The Hall–Kier alpha value is -3.89. The Morgan fingerprint density at radius 3 is 2.34 bits per heavy atom. The molecular weight excluding hydrogens is 774 g/mol. The number of hydrogen-bond donors (Lipinski definition) is 3. The van der Waals surface area contributed by atoms with Crippen molar-refractivity contribution in [2.24, 2.45) is 0 Å². The number of carbonyl (C=O) groups is 1. The van der Waals surface area contributed by atoms with Gasteiger partial charge in [-0.05, 0) is 29.1 Å². The summed E-state index contributed by atoms with van der Waals surface area (Å²) < 4.78 is 101. The molecule has 2 unspecified atom stereocenters. The molecule has 4 N–H and O–H groups in total. The van der Waals surface area contributed by atoms with E-state index < -0.39 is 94.3 Å². The lowest BCUT2D eigenvalue weighted by atomic mass is 10.1. The standard InChI is InChI=1S/C28H29F2N7O13P2S/c1-13(38)46-15-4-2-14(3-5-15)10-53-52(43)45-9-17-22(19(29)27(48-17)37-12-34-21-24(31)32-11-33-25(21)37)49-51(41,42)44-8-16-23(50-52)20(30)26(47-16)36-7-6-18(39)35-28(36)40/h2-7,11-12,16-17,19-20,22-23,26-27H,8-10H2,1H3,(H,41,42)(H2,31,32,33)(H,35,39,40)/t16-,17-,19-,20-,22-,23-,26-,27-,52?/m1/s1. The van der Waals surface area contributed by atoms with E-state index in [2.05, 4.69) is 15.0 Å². The number of carbonyl (C=O) groups excluding carboxylic acids is 1. The molecule has 3 aromatic heterocycles. The van der Waals surface area contributed by atoms with Gasteiger partial charge < -0.3 is 24.8 Å². The van der Waals surface area contributed by atoms with Gasteiger partial charge in [-0.15, -0.1) is 0 Å². The minimum atomic E-state index is -5.21. The fourth-order valence-corrected chi connectivity index (χ4v) is 10.1. The number of anilines is 1. The third kappa shape index (κ3) is 7.86. The van der Waals surface area contributed by atoms with Crippen molar-refractivity contribution in [2.45, 2.75) is 61.9 Å². The number of alkyl halides is 2. The number of nitrogens with zero attached hydrogens (tertiary/aromatic N) is 5. The summed E-state index contributed by atoms with van der Waals surface area (Å²) in [4.78, 5) is 60.2. The number of benzene rings is 1. The molecule has 4 aromatic rings. The number of aromatic amines is 1. The minimum absolute atomic E-state index is 0.00998. The van der Waals surface area contributed by atoms with E-state index >= 15 is 8.78 Å². The summed E-state index contributed by atoms with van der Waals surface area (Å²) in [5.74, 6) is -0.395. The van der Waals surface area contributed by atoms with Crippen LogP contribution >= 0.6 is 26.0 Å². The van der Waals surface area contributed by atoms with Crippen LogP contribution in [0.15, 0.2) is 58.8 Å². The summed E-state index contributed by atoms with van der Waals surface area (Å²) in [7, 11) is -5.21. The first-order chi connectivity index (χ1) is 25.2. The number of nitrogen functional groups attached to an aromatic ring is 1. The van der Waals surface area contributed by atoms with Gasteiger partial charge in [-0.25, -0.2) is 37.7 Å². The van der Waals surface area contributed by atoms with Crippen molar-refractivity contribution in [3.63, 3.8) is 0 Å². The fourth-order valence-electron chi connectivity index (χ4n) is 5.78. The molecule has 3 aliphatic heterocycles. The van der Waals surface area contributed by atoms with Gasteiger partial charge in [0.05, 0.1) is 19.5 Å². The fraction of sp³-hybridized carbons (Fsp3) is 0.429. The second-order valence-electron chi connectivity index (χ2n) is 11.8. The molecule has 0 amide bonds. The molecule has 0 spiro atoms. The highest BCUT2D eigenvalue weighted by Crippen LogP contribution is 2.65. The molecule has 3 fully saturated rings. The predicted octanol–water partition coefficient (Wildman–Crippen LogP) is 2.31. The van der Waals surface area contributed by atoms with E-state index in [1.165, 1.54) is 19.1 Å². The zero-order valence-electron chi connectivity index (χ0n) is 27.1. The van der Waals surface area contributed by atoms with E-state index in [-0.39, 0.29) is 28.5 Å². The van der Waals surface area contributed by atoms with Crippen LogP contribution in [0.3, 0.4) is 0 Å². The summed E-state index contributed by atoms with van der Waals surface area (Å²) in [6.07, 6.45) is -11.6. The number of phosphoric acid groups is 1. The van der Waals surface area contributed by atoms with Crippen molar-refractivity contribution in [1.82, 2.24) is 29.1 Å². The quantitative estimate of drug-likeness (QED) is 0.143. The number of hydrogen-bond acceptors (Lipinski definition) is 17. The molecule has 1 aromatic carbocycles. The van der Waals surface area contributed by atoms with Gasteiger partial charge >= 0.3 is 26.3 Å². The Kier molecular flexibility index (Phi) is 10.4. The summed E-state index contributed by atoms with van der Waals surface area (Å²) in [6, 6.07) is 7.03. The van der Waals surface area contributed by atoms with Crippen LogP contribution in [-0.4, -0.2) is 89.9 Å². The molecule has 53 heavy (non-hydrogen) atoms. The number of halogens is 2. The molecular formula is C28H29F2N7O13P2S. The maximum absolute atomic E-state index is 16.2. The molecule has 284 valence electrons.